The second-order valence-electron chi connectivity index (χ2n) is 4.91. The third-order valence-corrected chi connectivity index (χ3v) is 4.36. The van der Waals surface area contributed by atoms with Crippen LogP contribution in [0.1, 0.15) is 38.4 Å². The van der Waals surface area contributed by atoms with E-state index in [-0.39, 0.29) is 5.78 Å². The molecule has 1 heterocycles. The minimum Gasteiger partial charge on any atom is -0.486 e. The smallest absolute Gasteiger partial charge is 0.171 e. The summed E-state index contributed by atoms with van der Waals surface area (Å²) in [5.74, 6) is 0.822. The Morgan fingerprint density at radius 2 is 2.00 bits per heavy atom. The SMILES string of the molecule is COCc1nc(COc2ccc(C)c(C)c2)sc1C(C)=O. The lowest BCUT2D eigenvalue weighted by atomic mass is 10.1. The minimum absolute atomic E-state index is 0.0111. The van der Waals surface area contributed by atoms with Gasteiger partial charge in [-0.05, 0) is 37.1 Å². The van der Waals surface area contributed by atoms with Gasteiger partial charge in [0.2, 0.25) is 0 Å². The van der Waals surface area contributed by atoms with E-state index in [1.807, 2.05) is 18.2 Å². The maximum absolute atomic E-state index is 11.6. The first-order chi connectivity index (χ1) is 10.0. The summed E-state index contributed by atoms with van der Waals surface area (Å²) < 4.78 is 10.8. The van der Waals surface area contributed by atoms with Gasteiger partial charge in [0.05, 0.1) is 17.2 Å². The highest BCUT2D eigenvalue weighted by molar-refractivity contribution is 7.13. The first-order valence-corrected chi connectivity index (χ1v) is 7.51. The number of nitrogens with zero attached hydrogens (tertiary/aromatic N) is 1. The summed E-state index contributed by atoms with van der Waals surface area (Å²) in [7, 11) is 1.59. The summed E-state index contributed by atoms with van der Waals surface area (Å²) in [4.78, 5) is 16.7. The molecule has 0 aliphatic carbocycles. The molecule has 112 valence electrons. The molecule has 5 heteroatoms. The summed E-state index contributed by atoms with van der Waals surface area (Å²) in [5.41, 5.74) is 3.11. The van der Waals surface area contributed by atoms with Gasteiger partial charge in [-0.15, -0.1) is 11.3 Å². The number of ketones is 1. The highest BCUT2D eigenvalue weighted by Gasteiger charge is 2.15. The van der Waals surface area contributed by atoms with Crippen LogP contribution in [-0.2, 0) is 18.0 Å². The van der Waals surface area contributed by atoms with E-state index in [0.717, 1.165) is 10.8 Å². The molecule has 0 saturated carbocycles. The molecule has 0 unspecified atom stereocenters. The fourth-order valence-corrected chi connectivity index (χ4v) is 2.80. The predicted molar refractivity (Wildman–Crippen MR) is 83.1 cm³/mol. The number of benzene rings is 1. The van der Waals surface area contributed by atoms with Gasteiger partial charge in [0.15, 0.2) is 5.78 Å². The lowest BCUT2D eigenvalue weighted by Gasteiger charge is -2.06. The highest BCUT2D eigenvalue weighted by atomic mass is 32.1. The Morgan fingerprint density at radius 1 is 1.24 bits per heavy atom. The lowest BCUT2D eigenvalue weighted by molar-refractivity contribution is 0.101. The average Bonchev–Trinajstić information content (AvgIpc) is 2.84. The molecule has 0 spiro atoms. The molecule has 2 aromatic rings. The van der Waals surface area contributed by atoms with Crippen molar-refractivity contribution in [1.82, 2.24) is 4.98 Å². The van der Waals surface area contributed by atoms with Gasteiger partial charge in [-0.1, -0.05) is 6.07 Å². The molecule has 2 rings (SSSR count). The Hall–Kier alpha value is -1.72. The topological polar surface area (TPSA) is 48.4 Å². The van der Waals surface area contributed by atoms with Crippen LogP contribution in [0.4, 0.5) is 0 Å². The molecule has 0 radical (unpaired) electrons. The Bertz CT molecular complexity index is 649. The molecule has 1 aromatic heterocycles. The van der Waals surface area contributed by atoms with Gasteiger partial charge in [0.1, 0.15) is 17.4 Å². The zero-order valence-electron chi connectivity index (χ0n) is 12.7. The molecule has 1 aromatic carbocycles. The van der Waals surface area contributed by atoms with Gasteiger partial charge >= 0.3 is 0 Å². The van der Waals surface area contributed by atoms with Gasteiger partial charge in [-0.2, -0.15) is 0 Å². The van der Waals surface area contributed by atoms with Crippen LogP contribution in [0, 0.1) is 13.8 Å². The zero-order valence-corrected chi connectivity index (χ0v) is 13.5. The van der Waals surface area contributed by atoms with E-state index in [1.165, 1.54) is 22.5 Å². The molecule has 0 amide bonds. The van der Waals surface area contributed by atoms with E-state index in [4.69, 9.17) is 9.47 Å². The van der Waals surface area contributed by atoms with Crippen LogP contribution < -0.4 is 4.74 Å². The molecule has 0 aliphatic rings. The Labute approximate surface area is 128 Å². The van der Waals surface area contributed by atoms with Gasteiger partial charge < -0.3 is 9.47 Å². The largest absolute Gasteiger partial charge is 0.486 e. The maximum atomic E-state index is 11.6. The molecule has 0 N–H and O–H groups in total. The number of hydrogen-bond donors (Lipinski definition) is 0. The van der Waals surface area contributed by atoms with Crippen LogP contribution in [0.25, 0.3) is 0 Å². The van der Waals surface area contributed by atoms with Gasteiger partial charge in [-0.25, -0.2) is 4.98 Å². The number of carbonyl (C=O) groups is 1. The fraction of sp³-hybridized carbons (Fsp3) is 0.375. The molecule has 0 bridgehead atoms. The fourth-order valence-electron chi connectivity index (χ4n) is 1.92. The first kappa shape index (κ1) is 15.7. The standard InChI is InChI=1S/C16H19NO3S/c1-10-5-6-13(7-11(10)2)20-9-15-17-14(8-19-4)16(21-15)12(3)18/h5-7H,8-9H2,1-4H3. The van der Waals surface area contributed by atoms with Crippen molar-refractivity contribution in [2.24, 2.45) is 0 Å². The van der Waals surface area contributed by atoms with Crippen molar-refractivity contribution in [3.8, 4) is 5.75 Å². The molecule has 21 heavy (non-hydrogen) atoms. The second-order valence-corrected chi connectivity index (χ2v) is 5.99. The number of ether oxygens (including phenoxy) is 2. The molecule has 0 fully saturated rings. The van der Waals surface area contributed by atoms with Crippen LogP contribution in [0.5, 0.6) is 5.75 Å². The minimum atomic E-state index is 0.0111. The quantitative estimate of drug-likeness (QED) is 0.764. The van der Waals surface area contributed by atoms with Crippen molar-refractivity contribution in [2.45, 2.75) is 34.0 Å². The number of thiazole rings is 1. The molecule has 0 saturated heterocycles. The number of Topliss-reactive ketones (excluding diaryl/α,β-unsaturated/α-hetero) is 1. The first-order valence-electron chi connectivity index (χ1n) is 6.69. The highest BCUT2D eigenvalue weighted by Crippen LogP contribution is 2.23. The van der Waals surface area contributed by atoms with Crippen LogP contribution in [0.15, 0.2) is 18.2 Å². The summed E-state index contributed by atoms with van der Waals surface area (Å²) >= 11 is 1.37. The number of aryl methyl sites for hydroxylation is 2. The van der Waals surface area contributed by atoms with E-state index < -0.39 is 0 Å². The summed E-state index contributed by atoms with van der Waals surface area (Å²) in [6.07, 6.45) is 0. The number of aromatic nitrogens is 1. The lowest BCUT2D eigenvalue weighted by Crippen LogP contribution is -1.98. The molecular weight excluding hydrogens is 286 g/mol. The van der Waals surface area contributed by atoms with Crippen molar-refractivity contribution >= 4 is 17.1 Å². The number of hydrogen-bond acceptors (Lipinski definition) is 5. The van der Waals surface area contributed by atoms with Crippen molar-refractivity contribution in [2.75, 3.05) is 7.11 Å². The van der Waals surface area contributed by atoms with E-state index in [9.17, 15) is 4.79 Å². The Balaban J connectivity index is 2.10. The normalized spacial score (nSPS) is 10.7. The Morgan fingerprint density at radius 3 is 2.62 bits per heavy atom. The zero-order chi connectivity index (χ0) is 15.4. The monoisotopic (exact) mass is 305 g/mol. The summed E-state index contributed by atoms with van der Waals surface area (Å²) in [5, 5.41) is 0.783. The second kappa shape index (κ2) is 6.83. The van der Waals surface area contributed by atoms with Crippen LogP contribution in [-0.4, -0.2) is 17.9 Å². The number of methoxy groups -OCH3 is 1. The van der Waals surface area contributed by atoms with Crippen molar-refractivity contribution < 1.29 is 14.3 Å². The maximum Gasteiger partial charge on any atom is 0.171 e. The van der Waals surface area contributed by atoms with E-state index >= 15 is 0 Å². The molecule has 0 aliphatic heterocycles. The third kappa shape index (κ3) is 3.89. The van der Waals surface area contributed by atoms with Gasteiger partial charge in [0, 0.05) is 14.0 Å². The van der Waals surface area contributed by atoms with Gasteiger partial charge in [0.25, 0.3) is 0 Å². The van der Waals surface area contributed by atoms with Crippen LogP contribution >= 0.6 is 11.3 Å². The summed E-state index contributed by atoms with van der Waals surface area (Å²) in [6, 6.07) is 5.98. The average molecular weight is 305 g/mol. The van der Waals surface area contributed by atoms with Crippen molar-refractivity contribution in [3.63, 3.8) is 0 Å². The van der Waals surface area contributed by atoms with Crippen molar-refractivity contribution in [1.29, 1.82) is 0 Å². The van der Waals surface area contributed by atoms with E-state index in [2.05, 4.69) is 18.8 Å². The Kier molecular flexibility index (Phi) is 5.09. The molecule has 0 atom stereocenters. The summed E-state index contributed by atoms with van der Waals surface area (Å²) in [6.45, 7) is 6.36. The van der Waals surface area contributed by atoms with E-state index in [0.29, 0.717) is 23.8 Å². The molecular formula is C16H19NO3S. The number of carbonyl (C=O) groups excluding carboxylic acids is 1. The van der Waals surface area contributed by atoms with Crippen molar-refractivity contribution in [3.05, 3.63) is 44.9 Å². The predicted octanol–water partition coefficient (Wildman–Crippen LogP) is 3.69. The van der Waals surface area contributed by atoms with Crippen LogP contribution in [0.2, 0.25) is 0 Å². The van der Waals surface area contributed by atoms with Gasteiger partial charge in [-0.3, -0.25) is 4.79 Å². The number of rotatable bonds is 6. The van der Waals surface area contributed by atoms with E-state index in [1.54, 1.807) is 14.0 Å². The third-order valence-electron chi connectivity index (χ3n) is 3.18. The van der Waals surface area contributed by atoms with Crippen LogP contribution in [0.3, 0.4) is 0 Å². The molecule has 4 nitrogen and oxygen atoms in total.